The zero-order valence-electron chi connectivity index (χ0n) is 9.91. The number of likely N-dealkylation sites (tertiary alicyclic amines) is 1. The van der Waals surface area contributed by atoms with Crippen LogP contribution in [0.4, 0.5) is 0 Å². The minimum absolute atomic E-state index is 0.263. The van der Waals surface area contributed by atoms with Crippen molar-refractivity contribution in [3.05, 3.63) is 0 Å². The maximum absolute atomic E-state index is 9.14. The highest BCUT2D eigenvalue weighted by Gasteiger charge is 2.15. The van der Waals surface area contributed by atoms with E-state index in [1.54, 1.807) is 11.8 Å². The normalized spacial score (nSPS) is 21.8. The Morgan fingerprint density at radius 2 is 2.07 bits per heavy atom. The van der Waals surface area contributed by atoms with E-state index in [-0.39, 0.29) is 6.61 Å². The summed E-state index contributed by atoms with van der Waals surface area (Å²) in [5.74, 6) is 0. The molecule has 3 nitrogen and oxygen atoms in total. The molecule has 2 atom stereocenters. The summed E-state index contributed by atoms with van der Waals surface area (Å²) in [6, 6.07) is 0.396. The van der Waals surface area contributed by atoms with Crippen LogP contribution in [0.15, 0.2) is 0 Å². The van der Waals surface area contributed by atoms with Gasteiger partial charge >= 0.3 is 0 Å². The second kappa shape index (κ2) is 7.49. The predicted octanol–water partition coefficient (Wildman–Crippen LogP) is 0.784. The zero-order chi connectivity index (χ0) is 11.1. The van der Waals surface area contributed by atoms with E-state index in [4.69, 9.17) is 5.11 Å². The lowest BCUT2D eigenvalue weighted by Crippen LogP contribution is -2.41. The van der Waals surface area contributed by atoms with Crippen LogP contribution in [0.3, 0.4) is 0 Å². The van der Waals surface area contributed by atoms with Gasteiger partial charge in [-0.05, 0) is 39.1 Å². The van der Waals surface area contributed by atoms with Crippen molar-refractivity contribution in [2.75, 3.05) is 39.0 Å². The molecule has 0 saturated carbocycles. The molecule has 0 radical (unpaired) electrons. The third kappa shape index (κ3) is 4.72. The molecule has 2 unspecified atom stereocenters. The average molecular weight is 232 g/mol. The maximum Gasteiger partial charge on any atom is 0.0564 e. The van der Waals surface area contributed by atoms with Crippen LogP contribution in [0.1, 0.15) is 19.8 Å². The monoisotopic (exact) mass is 232 g/mol. The summed E-state index contributed by atoms with van der Waals surface area (Å²) in [5.41, 5.74) is 0. The second-order valence-corrected chi connectivity index (χ2v) is 5.33. The van der Waals surface area contributed by atoms with Crippen molar-refractivity contribution in [1.29, 1.82) is 0 Å². The van der Waals surface area contributed by atoms with Crippen LogP contribution >= 0.6 is 11.8 Å². The summed E-state index contributed by atoms with van der Waals surface area (Å²) >= 11 is 1.73. The third-order valence-electron chi connectivity index (χ3n) is 3.13. The van der Waals surface area contributed by atoms with Gasteiger partial charge in [0.05, 0.1) is 6.61 Å². The summed E-state index contributed by atoms with van der Waals surface area (Å²) in [4.78, 5) is 2.51. The molecule has 0 aliphatic carbocycles. The van der Waals surface area contributed by atoms with Gasteiger partial charge in [-0.15, -0.1) is 0 Å². The quantitative estimate of drug-likeness (QED) is 0.680. The topological polar surface area (TPSA) is 35.5 Å². The van der Waals surface area contributed by atoms with E-state index in [1.165, 1.54) is 25.9 Å². The largest absolute Gasteiger partial charge is 0.395 e. The van der Waals surface area contributed by atoms with Gasteiger partial charge in [0.2, 0.25) is 0 Å². The fraction of sp³-hybridized carbons (Fsp3) is 1.00. The van der Waals surface area contributed by atoms with Crippen molar-refractivity contribution in [2.45, 2.75) is 31.1 Å². The van der Waals surface area contributed by atoms with Crippen LogP contribution in [0.25, 0.3) is 0 Å². The van der Waals surface area contributed by atoms with Crippen molar-refractivity contribution in [1.82, 2.24) is 10.2 Å². The van der Waals surface area contributed by atoms with E-state index in [0.29, 0.717) is 11.3 Å². The molecule has 4 heteroatoms. The number of aliphatic hydroxyl groups is 1. The molecule has 0 spiro atoms. The van der Waals surface area contributed by atoms with Gasteiger partial charge in [-0.3, -0.25) is 0 Å². The lowest BCUT2D eigenvalue weighted by molar-refractivity contribution is 0.270. The Balaban J connectivity index is 2.07. The van der Waals surface area contributed by atoms with Gasteiger partial charge in [0.15, 0.2) is 0 Å². The van der Waals surface area contributed by atoms with Gasteiger partial charge in [0, 0.05) is 24.4 Å². The third-order valence-corrected chi connectivity index (χ3v) is 4.30. The van der Waals surface area contributed by atoms with Gasteiger partial charge in [-0.1, -0.05) is 0 Å². The number of nitrogens with zero attached hydrogens (tertiary/aromatic N) is 1. The van der Waals surface area contributed by atoms with Gasteiger partial charge in [-0.25, -0.2) is 0 Å². The molecule has 0 amide bonds. The first-order valence-electron chi connectivity index (χ1n) is 5.87. The van der Waals surface area contributed by atoms with Gasteiger partial charge in [0.25, 0.3) is 0 Å². The minimum Gasteiger partial charge on any atom is -0.395 e. The maximum atomic E-state index is 9.14. The first kappa shape index (κ1) is 13.3. The summed E-state index contributed by atoms with van der Waals surface area (Å²) in [6.07, 6.45) is 4.78. The van der Waals surface area contributed by atoms with Gasteiger partial charge < -0.3 is 15.3 Å². The van der Waals surface area contributed by atoms with Crippen molar-refractivity contribution in [3.8, 4) is 0 Å². The minimum atomic E-state index is 0.263. The van der Waals surface area contributed by atoms with Crippen LogP contribution in [-0.2, 0) is 0 Å². The standard InChI is InChI=1S/C11H24N2OS/c1-10(11(9-14)15-2)12-5-8-13-6-3-4-7-13/h10-12,14H,3-9H2,1-2H3. The van der Waals surface area contributed by atoms with Crippen molar-refractivity contribution < 1.29 is 5.11 Å². The highest BCUT2D eigenvalue weighted by atomic mass is 32.2. The number of rotatable bonds is 7. The summed E-state index contributed by atoms with van der Waals surface area (Å²) in [5, 5.41) is 12.9. The Morgan fingerprint density at radius 1 is 1.40 bits per heavy atom. The van der Waals surface area contributed by atoms with Crippen LogP contribution in [-0.4, -0.2) is 60.3 Å². The number of hydrogen-bond donors (Lipinski definition) is 2. The van der Waals surface area contributed by atoms with Gasteiger partial charge in [0.1, 0.15) is 0 Å². The molecule has 1 aliphatic rings. The molecule has 0 aromatic carbocycles. The Kier molecular flexibility index (Phi) is 6.64. The summed E-state index contributed by atoms with van der Waals surface area (Å²) < 4.78 is 0. The molecule has 90 valence electrons. The molecule has 1 aliphatic heterocycles. The molecule has 1 rings (SSSR count). The molecule has 0 aromatic heterocycles. The van der Waals surface area contributed by atoms with E-state index < -0.39 is 0 Å². The molecular weight excluding hydrogens is 208 g/mol. The zero-order valence-corrected chi connectivity index (χ0v) is 10.7. The SMILES string of the molecule is CSC(CO)C(C)NCCN1CCCC1. The predicted molar refractivity (Wildman–Crippen MR) is 67.5 cm³/mol. The van der Waals surface area contributed by atoms with Crippen LogP contribution in [0, 0.1) is 0 Å². The molecule has 0 aromatic rings. The van der Waals surface area contributed by atoms with Crippen molar-refractivity contribution >= 4 is 11.8 Å². The Morgan fingerprint density at radius 3 is 2.60 bits per heavy atom. The van der Waals surface area contributed by atoms with E-state index in [2.05, 4.69) is 23.4 Å². The molecule has 1 fully saturated rings. The van der Waals surface area contributed by atoms with Crippen LogP contribution < -0.4 is 5.32 Å². The molecular formula is C11H24N2OS. The number of hydrogen-bond acceptors (Lipinski definition) is 4. The van der Waals surface area contributed by atoms with E-state index in [1.807, 2.05) is 0 Å². The highest BCUT2D eigenvalue weighted by molar-refractivity contribution is 7.99. The summed E-state index contributed by atoms with van der Waals surface area (Å²) in [7, 11) is 0. The van der Waals surface area contributed by atoms with Crippen LogP contribution in [0.5, 0.6) is 0 Å². The Labute approximate surface area is 97.6 Å². The van der Waals surface area contributed by atoms with E-state index in [0.717, 1.165) is 13.1 Å². The molecule has 1 saturated heterocycles. The molecule has 1 heterocycles. The molecule has 15 heavy (non-hydrogen) atoms. The highest BCUT2D eigenvalue weighted by Crippen LogP contribution is 2.10. The first-order valence-corrected chi connectivity index (χ1v) is 7.16. The number of thioether (sulfide) groups is 1. The molecule has 2 N–H and O–H groups in total. The second-order valence-electron chi connectivity index (χ2n) is 4.25. The lowest BCUT2D eigenvalue weighted by Gasteiger charge is -2.23. The first-order chi connectivity index (χ1) is 7.27. The van der Waals surface area contributed by atoms with E-state index in [9.17, 15) is 0 Å². The summed E-state index contributed by atoms with van der Waals surface area (Å²) in [6.45, 7) is 7.14. The van der Waals surface area contributed by atoms with Crippen LogP contribution in [0.2, 0.25) is 0 Å². The Bertz CT molecular complexity index is 159. The number of nitrogens with one attached hydrogen (secondary N) is 1. The number of aliphatic hydroxyl groups excluding tert-OH is 1. The fourth-order valence-corrected chi connectivity index (χ4v) is 2.68. The Hall–Kier alpha value is 0.230. The fourth-order valence-electron chi connectivity index (χ4n) is 2.02. The lowest BCUT2D eigenvalue weighted by atomic mass is 10.2. The average Bonchev–Trinajstić information content (AvgIpc) is 2.72. The van der Waals surface area contributed by atoms with Gasteiger partial charge in [-0.2, -0.15) is 11.8 Å². The smallest absolute Gasteiger partial charge is 0.0564 e. The van der Waals surface area contributed by atoms with E-state index >= 15 is 0 Å². The van der Waals surface area contributed by atoms with Crippen molar-refractivity contribution in [3.63, 3.8) is 0 Å². The van der Waals surface area contributed by atoms with Crippen molar-refractivity contribution in [2.24, 2.45) is 0 Å². The molecule has 0 bridgehead atoms.